The molecule has 0 aliphatic heterocycles. The summed E-state index contributed by atoms with van der Waals surface area (Å²) in [6, 6.07) is 15.5. The van der Waals surface area contributed by atoms with Gasteiger partial charge in [0.05, 0.1) is 17.5 Å². The van der Waals surface area contributed by atoms with Crippen LogP contribution in [0.4, 0.5) is 5.69 Å². The van der Waals surface area contributed by atoms with Gasteiger partial charge in [-0.3, -0.25) is 4.79 Å². The second-order valence-electron chi connectivity index (χ2n) is 6.36. The lowest BCUT2D eigenvalue weighted by atomic mass is 10.1. The maximum atomic E-state index is 12.7. The Labute approximate surface area is 169 Å². The molecule has 0 radical (unpaired) electrons. The van der Waals surface area contributed by atoms with Crippen molar-refractivity contribution in [1.82, 2.24) is 14.8 Å². The summed E-state index contributed by atoms with van der Waals surface area (Å²) in [5.74, 6) is 1.34. The summed E-state index contributed by atoms with van der Waals surface area (Å²) in [5.41, 5.74) is 2.83. The van der Waals surface area contributed by atoms with E-state index < -0.39 is 0 Å². The Hall–Kier alpha value is -2.80. The molecule has 1 heterocycles. The number of rotatable bonds is 7. The zero-order valence-electron chi connectivity index (χ0n) is 16.5. The minimum Gasteiger partial charge on any atom is -0.492 e. The standard InChI is InChI=1S/C21H24N4O2S/c1-5-27-18-13-9-8-12-17(18)22-20(26)15(3)28-21-24-23-19(25(21)4)16-11-7-6-10-14(16)2/h6-13,15H,5H2,1-4H3,(H,22,26)/t15-/m1/s1. The average molecular weight is 397 g/mol. The van der Waals surface area contributed by atoms with Crippen LogP contribution >= 0.6 is 11.8 Å². The van der Waals surface area contributed by atoms with E-state index in [1.54, 1.807) is 0 Å². The van der Waals surface area contributed by atoms with Gasteiger partial charge in [0.1, 0.15) is 5.75 Å². The number of carbonyl (C=O) groups is 1. The van der Waals surface area contributed by atoms with Crippen LogP contribution in [0.2, 0.25) is 0 Å². The summed E-state index contributed by atoms with van der Waals surface area (Å²) in [7, 11) is 1.92. The highest BCUT2D eigenvalue weighted by Gasteiger charge is 2.20. The maximum absolute atomic E-state index is 12.7. The maximum Gasteiger partial charge on any atom is 0.237 e. The van der Waals surface area contributed by atoms with Gasteiger partial charge >= 0.3 is 0 Å². The second kappa shape index (κ2) is 8.93. The van der Waals surface area contributed by atoms with Gasteiger partial charge in [-0.2, -0.15) is 0 Å². The lowest BCUT2D eigenvalue weighted by molar-refractivity contribution is -0.115. The fourth-order valence-corrected chi connectivity index (χ4v) is 3.59. The zero-order chi connectivity index (χ0) is 20.1. The number of ether oxygens (including phenoxy) is 1. The highest BCUT2D eigenvalue weighted by atomic mass is 32.2. The Morgan fingerprint density at radius 2 is 1.89 bits per heavy atom. The van der Waals surface area contributed by atoms with Crippen LogP contribution in [0, 0.1) is 6.92 Å². The number of benzene rings is 2. The van der Waals surface area contributed by atoms with Gasteiger partial charge in [-0.25, -0.2) is 0 Å². The van der Waals surface area contributed by atoms with Gasteiger partial charge in [-0.15, -0.1) is 10.2 Å². The van der Waals surface area contributed by atoms with E-state index in [1.165, 1.54) is 11.8 Å². The third kappa shape index (κ3) is 4.36. The van der Waals surface area contributed by atoms with Crippen LogP contribution < -0.4 is 10.1 Å². The first-order valence-corrected chi connectivity index (χ1v) is 10.0. The molecule has 0 fully saturated rings. The minimum atomic E-state index is -0.345. The molecular weight excluding hydrogens is 372 g/mol. The number of hydrogen-bond donors (Lipinski definition) is 1. The number of para-hydroxylation sites is 2. The van der Waals surface area contributed by atoms with Crippen LogP contribution in [-0.2, 0) is 11.8 Å². The van der Waals surface area contributed by atoms with Crippen molar-refractivity contribution < 1.29 is 9.53 Å². The molecule has 6 nitrogen and oxygen atoms in total. The van der Waals surface area contributed by atoms with Crippen LogP contribution in [0.25, 0.3) is 11.4 Å². The Morgan fingerprint density at radius 3 is 2.64 bits per heavy atom. The van der Waals surface area contributed by atoms with Gasteiger partial charge < -0.3 is 14.6 Å². The Balaban J connectivity index is 1.72. The first-order chi connectivity index (χ1) is 13.5. The fraction of sp³-hybridized carbons (Fsp3) is 0.286. The number of anilines is 1. The lowest BCUT2D eigenvalue weighted by Gasteiger charge is -2.14. The molecule has 7 heteroatoms. The van der Waals surface area contributed by atoms with E-state index in [0.717, 1.165) is 17.0 Å². The molecule has 3 rings (SSSR count). The number of aryl methyl sites for hydroxylation is 1. The highest BCUT2D eigenvalue weighted by Crippen LogP contribution is 2.29. The average Bonchev–Trinajstić information content (AvgIpc) is 3.04. The lowest BCUT2D eigenvalue weighted by Crippen LogP contribution is -2.23. The molecule has 2 aromatic carbocycles. The van der Waals surface area contributed by atoms with Gasteiger partial charge in [-0.05, 0) is 38.5 Å². The van der Waals surface area contributed by atoms with E-state index in [0.29, 0.717) is 23.2 Å². The van der Waals surface area contributed by atoms with Crippen molar-refractivity contribution in [2.45, 2.75) is 31.2 Å². The third-order valence-corrected chi connectivity index (χ3v) is 5.45. The Bertz CT molecular complexity index is 971. The Kier molecular flexibility index (Phi) is 6.36. The molecule has 0 unspecified atom stereocenters. The number of carbonyl (C=O) groups excluding carboxylic acids is 1. The van der Waals surface area contributed by atoms with Crippen molar-refractivity contribution in [1.29, 1.82) is 0 Å². The molecule has 1 N–H and O–H groups in total. The van der Waals surface area contributed by atoms with E-state index in [-0.39, 0.29) is 11.2 Å². The molecule has 1 amide bonds. The van der Waals surface area contributed by atoms with Gasteiger partial charge in [0.25, 0.3) is 0 Å². The highest BCUT2D eigenvalue weighted by molar-refractivity contribution is 8.00. The van der Waals surface area contributed by atoms with Crippen molar-refractivity contribution in [2.75, 3.05) is 11.9 Å². The second-order valence-corrected chi connectivity index (χ2v) is 7.67. The molecule has 0 aliphatic carbocycles. The van der Waals surface area contributed by atoms with Gasteiger partial charge in [-0.1, -0.05) is 48.2 Å². The van der Waals surface area contributed by atoms with E-state index in [1.807, 2.05) is 80.9 Å². The fourth-order valence-electron chi connectivity index (χ4n) is 2.77. The largest absolute Gasteiger partial charge is 0.492 e. The van der Waals surface area contributed by atoms with E-state index >= 15 is 0 Å². The molecule has 0 saturated heterocycles. The molecular formula is C21H24N4O2S. The van der Waals surface area contributed by atoms with Crippen LogP contribution in [0.15, 0.2) is 53.7 Å². The number of amides is 1. The molecule has 0 spiro atoms. The number of thioether (sulfide) groups is 1. The zero-order valence-corrected chi connectivity index (χ0v) is 17.3. The monoisotopic (exact) mass is 396 g/mol. The van der Waals surface area contributed by atoms with Crippen LogP contribution in [0.3, 0.4) is 0 Å². The van der Waals surface area contributed by atoms with E-state index in [2.05, 4.69) is 15.5 Å². The normalized spacial score (nSPS) is 11.9. The van der Waals surface area contributed by atoms with Crippen molar-refractivity contribution in [3.8, 4) is 17.1 Å². The topological polar surface area (TPSA) is 69.0 Å². The smallest absolute Gasteiger partial charge is 0.237 e. The third-order valence-electron chi connectivity index (χ3n) is 4.32. The minimum absolute atomic E-state index is 0.113. The summed E-state index contributed by atoms with van der Waals surface area (Å²) in [6.45, 7) is 6.35. The van der Waals surface area contributed by atoms with Crippen molar-refractivity contribution in [2.24, 2.45) is 7.05 Å². The van der Waals surface area contributed by atoms with Crippen LogP contribution in [0.5, 0.6) is 5.75 Å². The van der Waals surface area contributed by atoms with Gasteiger partial charge in [0, 0.05) is 12.6 Å². The number of hydrogen-bond acceptors (Lipinski definition) is 5. The van der Waals surface area contributed by atoms with Gasteiger partial charge in [0.2, 0.25) is 5.91 Å². The first kappa shape index (κ1) is 19.9. The van der Waals surface area contributed by atoms with Crippen molar-refractivity contribution >= 4 is 23.4 Å². The predicted octanol–water partition coefficient (Wildman–Crippen LogP) is 4.31. The van der Waals surface area contributed by atoms with Crippen molar-refractivity contribution in [3.63, 3.8) is 0 Å². The molecule has 1 aromatic heterocycles. The molecule has 3 aromatic rings. The van der Waals surface area contributed by atoms with Crippen molar-refractivity contribution in [3.05, 3.63) is 54.1 Å². The summed E-state index contributed by atoms with van der Waals surface area (Å²) in [6.07, 6.45) is 0. The van der Waals surface area contributed by atoms with Gasteiger partial charge in [0.15, 0.2) is 11.0 Å². The molecule has 28 heavy (non-hydrogen) atoms. The summed E-state index contributed by atoms with van der Waals surface area (Å²) >= 11 is 1.37. The van der Waals surface area contributed by atoms with Crippen LogP contribution in [0.1, 0.15) is 19.4 Å². The molecule has 146 valence electrons. The molecule has 1 atom stereocenters. The van der Waals surface area contributed by atoms with E-state index in [4.69, 9.17) is 4.74 Å². The number of nitrogens with one attached hydrogen (secondary N) is 1. The SMILES string of the molecule is CCOc1ccccc1NC(=O)[C@@H](C)Sc1nnc(-c2ccccc2C)n1C. The van der Waals surface area contributed by atoms with Crippen LogP contribution in [-0.4, -0.2) is 32.5 Å². The summed E-state index contributed by atoms with van der Waals surface area (Å²) in [4.78, 5) is 12.7. The summed E-state index contributed by atoms with van der Waals surface area (Å²) < 4.78 is 7.49. The predicted molar refractivity (Wildman–Crippen MR) is 113 cm³/mol. The number of aromatic nitrogens is 3. The first-order valence-electron chi connectivity index (χ1n) is 9.16. The quantitative estimate of drug-likeness (QED) is 0.603. The van der Waals surface area contributed by atoms with E-state index in [9.17, 15) is 4.79 Å². The Morgan fingerprint density at radius 1 is 1.18 bits per heavy atom. The summed E-state index contributed by atoms with van der Waals surface area (Å²) in [5, 5.41) is 11.9. The number of nitrogens with zero attached hydrogens (tertiary/aromatic N) is 3. The molecule has 0 bridgehead atoms. The molecule has 0 aliphatic rings. The molecule has 0 saturated carbocycles.